The van der Waals surface area contributed by atoms with E-state index in [0.717, 1.165) is 19.4 Å². The molecule has 2 N–H and O–H groups in total. The van der Waals surface area contributed by atoms with Crippen LogP contribution in [0.4, 0.5) is 22.0 Å². The van der Waals surface area contributed by atoms with Gasteiger partial charge in [-0.2, -0.15) is 22.9 Å². The highest BCUT2D eigenvalue weighted by Crippen LogP contribution is 2.42. The number of nitrogens with zero attached hydrogens (tertiary/aromatic N) is 4. The minimum atomic E-state index is -5.14. The zero-order chi connectivity index (χ0) is 36.4. The molecule has 1 amide bonds. The van der Waals surface area contributed by atoms with Crippen LogP contribution in [0.15, 0.2) is 32.7 Å². The number of carboxylic acid groups (broad SMARTS) is 1. The predicted molar refractivity (Wildman–Crippen MR) is 169 cm³/mol. The number of halogens is 6. The first-order valence-corrected chi connectivity index (χ1v) is 17.3. The normalized spacial score (nSPS) is 17.8. The molecule has 1 aliphatic heterocycles. The quantitative estimate of drug-likeness (QED) is 0.167. The van der Waals surface area contributed by atoms with Crippen molar-refractivity contribution in [2.45, 2.75) is 91.4 Å². The van der Waals surface area contributed by atoms with E-state index in [-0.39, 0.29) is 39.8 Å². The number of piperidine rings is 1. The van der Waals surface area contributed by atoms with E-state index in [9.17, 15) is 45.1 Å². The van der Waals surface area contributed by atoms with E-state index < -0.39 is 73.5 Å². The van der Waals surface area contributed by atoms with Crippen LogP contribution in [0.1, 0.15) is 81.6 Å². The molecule has 2 atom stereocenters. The standard InChI is InChI=1S/C29H35ClF5N5O6S2/c1-7-16(19(23(31)32)20(30)15(4)48(44,45)39-17(8-2)29(33,34)35)22-21(26(41)40-12-10-9-11-14(40)3)37-25(47-22)24-36-18(46-38-24)13-28(5,6)27(42)43/h7,14,17,23,39H,4,8-13H2,1-3,5-6H3,(H,42,43)/b16-7+,20-19-/t14-,17-/m0/s1. The second-order valence-electron chi connectivity index (χ2n) is 11.7. The fourth-order valence-corrected chi connectivity index (χ4v) is 7.52. The lowest BCUT2D eigenvalue weighted by molar-refractivity contribution is -0.151. The summed E-state index contributed by atoms with van der Waals surface area (Å²) in [6.45, 7) is 10.6. The third-order valence-corrected chi connectivity index (χ3v) is 10.7. The Morgan fingerprint density at radius 1 is 1.25 bits per heavy atom. The third-order valence-electron chi connectivity index (χ3n) is 7.67. The number of rotatable bonds is 13. The summed E-state index contributed by atoms with van der Waals surface area (Å²) in [4.78, 5) is 34.1. The molecule has 0 spiro atoms. The number of allylic oxidation sites excluding steroid dienone is 4. The Morgan fingerprint density at radius 3 is 2.42 bits per heavy atom. The molecular formula is C29H35ClF5N5O6S2. The molecule has 0 aliphatic carbocycles. The number of alkyl halides is 5. The maximum absolute atomic E-state index is 14.8. The van der Waals surface area contributed by atoms with Gasteiger partial charge in [0.25, 0.3) is 12.3 Å². The van der Waals surface area contributed by atoms with Crippen molar-refractivity contribution in [2.75, 3.05) is 6.54 Å². The molecule has 2 aromatic rings. The minimum Gasteiger partial charge on any atom is -0.481 e. The van der Waals surface area contributed by atoms with E-state index >= 15 is 0 Å². The maximum atomic E-state index is 14.8. The average molecular weight is 744 g/mol. The SMILES string of the molecule is C=C(/C(Cl)=C(\C(=C/C)c1sc(-c2noc(CC(C)(C)C(=O)O)n2)nc1C(=O)N1CCCC[C@@H]1C)C(F)F)S(=O)(=O)N[C@@H](CC)C(F)(F)F. The Hall–Kier alpha value is -3.22. The van der Waals surface area contributed by atoms with Crippen molar-refractivity contribution in [1.82, 2.24) is 24.7 Å². The molecule has 0 bridgehead atoms. The number of aliphatic carboxylic acids is 1. The zero-order valence-electron chi connectivity index (χ0n) is 26.6. The van der Waals surface area contributed by atoms with E-state index in [4.69, 9.17) is 16.1 Å². The van der Waals surface area contributed by atoms with E-state index in [1.54, 1.807) is 0 Å². The summed E-state index contributed by atoms with van der Waals surface area (Å²) >= 11 is 6.90. The highest BCUT2D eigenvalue weighted by molar-refractivity contribution is 7.93. The van der Waals surface area contributed by atoms with Crippen LogP contribution in [0.5, 0.6) is 0 Å². The molecule has 3 heterocycles. The number of nitrogens with one attached hydrogen (secondary N) is 1. The second-order valence-corrected chi connectivity index (χ2v) is 14.8. The number of likely N-dealkylation sites (tertiary alicyclic amines) is 1. The van der Waals surface area contributed by atoms with Crippen LogP contribution in [0.3, 0.4) is 0 Å². The monoisotopic (exact) mass is 743 g/mol. The third kappa shape index (κ3) is 8.67. The van der Waals surface area contributed by atoms with Crippen molar-refractivity contribution in [3.05, 3.63) is 44.6 Å². The summed E-state index contributed by atoms with van der Waals surface area (Å²) in [5.41, 5.74) is -3.15. The van der Waals surface area contributed by atoms with Crippen LogP contribution in [-0.4, -0.2) is 76.7 Å². The summed E-state index contributed by atoms with van der Waals surface area (Å²) in [5.74, 6) is -2.03. The van der Waals surface area contributed by atoms with E-state index in [0.29, 0.717) is 30.7 Å². The number of hydrogen-bond donors (Lipinski definition) is 2. The van der Waals surface area contributed by atoms with E-state index in [2.05, 4.69) is 21.7 Å². The van der Waals surface area contributed by atoms with Gasteiger partial charge < -0.3 is 14.5 Å². The van der Waals surface area contributed by atoms with Gasteiger partial charge in [-0.05, 0) is 53.4 Å². The maximum Gasteiger partial charge on any atom is 0.404 e. The van der Waals surface area contributed by atoms with Gasteiger partial charge in [0.15, 0.2) is 5.01 Å². The second kappa shape index (κ2) is 15.1. The van der Waals surface area contributed by atoms with Crippen LogP contribution < -0.4 is 4.72 Å². The van der Waals surface area contributed by atoms with Crippen molar-refractivity contribution in [3.8, 4) is 10.8 Å². The van der Waals surface area contributed by atoms with Crippen LogP contribution >= 0.6 is 22.9 Å². The van der Waals surface area contributed by atoms with Gasteiger partial charge >= 0.3 is 12.1 Å². The summed E-state index contributed by atoms with van der Waals surface area (Å²) < 4.78 is 102. The number of carbonyl (C=O) groups excluding carboxylic acids is 1. The topological polar surface area (TPSA) is 156 Å². The van der Waals surface area contributed by atoms with E-state index in [1.807, 2.05) is 6.92 Å². The summed E-state index contributed by atoms with van der Waals surface area (Å²) in [6.07, 6.45) is -6.05. The molecule has 0 unspecified atom stereocenters. The molecular weight excluding hydrogens is 709 g/mol. The van der Waals surface area contributed by atoms with Crippen molar-refractivity contribution < 1.29 is 49.6 Å². The number of hydrogen-bond acceptors (Lipinski definition) is 9. The fourth-order valence-electron chi connectivity index (χ4n) is 4.80. The summed E-state index contributed by atoms with van der Waals surface area (Å²) in [7, 11) is -5.14. The Balaban J connectivity index is 2.20. The zero-order valence-corrected chi connectivity index (χ0v) is 29.0. The number of aromatic nitrogens is 3. The van der Waals surface area contributed by atoms with E-state index in [1.165, 1.54) is 30.4 Å². The number of thiazole rings is 1. The van der Waals surface area contributed by atoms with Crippen LogP contribution in [0, 0.1) is 5.41 Å². The van der Waals surface area contributed by atoms with Gasteiger partial charge in [-0.25, -0.2) is 22.2 Å². The minimum absolute atomic E-state index is 0.0747. The Kier molecular flexibility index (Phi) is 12.4. The van der Waals surface area contributed by atoms with Crippen LogP contribution in [0.25, 0.3) is 16.4 Å². The number of sulfonamides is 1. The van der Waals surface area contributed by atoms with Crippen molar-refractivity contribution in [2.24, 2.45) is 5.41 Å². The van der Waals surface area contributed by atoms with Gasteiger partial charge in [-0.3, -0.25) is 9.59 Å². The molecule has 48 heavy (non-hydrogen) atoms. The van der Waals surface area contributed by atoms with Gasteiger partial charge in [0.1, 0.15) is 11.7 Å². The molecule has 0 radical (unpaired) electrons. The number of carboxylic acids is 1. The van der Waals surface area contributed by atoms with Crippen LogP contribution in [0.2, 0.25) is 0 Å². The lowest BCUT2D eigenvalue weighted by Crippen LogP contribution is -2.45. The molecule has 1 aliphatic rings. The van der Waals surface area contributed by atoms with Gasteiger partial charge in [0.2, 0.25) is 21.7 Å². The molecule has 1 saturated heterocycles. The van der Waals surface area contributed by atoms with Gasteiger partial charge in [-0.1, -0.05) is 36.3 Å². The lowest BCUT2D eigenvalue weighted by atomic mass is 9.90. The fraction of sp³-hybridized carbons (Fsp3) is 0.552. The molecule has 3 rings (SSSR count). The summed E-state index contributed by atoms with van der Waals surface area (Å²) in [5, 5.41) is 12.1. The molecule has 0 aromatic carbocycles. The summed E-state index contributed by atoms with van der Waals surface area (Å²) in [6, 6.07) is -2.78. The molecule has 1 fully saturated rings. The van der Waals surface area contributed by atoms with Crippen molar-refractivity contribution >= 4 is 50.4 Å². The number of amides is 1. The first-order valence-electron chi connectivity index (χ1n) is 14.7. The molecule has 2 aromatic heterocycles. The first kappa shape index (κ1) is 39.2. The Labute approximate surface area is 283 Å². The van der Waals surface area contributed by atoms with Gasteiger partial charge in [-0.15, -0.1) is 11.3 Å². The van der Waals surface area contributed by atoms with Crippen molar-refractivity contribution in [1.29, 1.82) is 0 Å². The largest absolute Gasteiger partial charge is 0.481 e. The highest BCUT2D eigenvalue weighted by Gasteiger charge is 2.42. The number of carbonyl (C=O) groups is 2. The first-order chi connectivity index (χ1) is 22.2. The van der Waals surface area contributed by atoms with Crippen LogP contribution in [-0.2, 0) is 21.2 Å². The smallest absolute Gasteiger partial charge is 0.404 e. The van der Waals surface area contributed by atoms with Crippen molar-refractivity contribution in [3.63, 3.8) is 0 Å². The average Bonchev–Trinajstić information content (AvgIpc) is 3.64. The predicted octanol–water partition coefficient (Wildman–Crippen LogP) is 6.80. The molecule has 19 heteroatoms. The molecule has 11 nitrogen and oxygen atoms in total. The van der Waals surface area contributed by atoms with Gasteiger partial charge in [0, 0.05) is 30.2 Å². The highest BCUT2D eigenvalue weighted by atomic mass is 35.5. The molecule has 0 saturated carbocycles. The van der Waals surface area contributed by atoms with Gasteiger partial charge in [0.05, 0.1) is 20.2 Å². The molecule has 266 valence electrons. The lowest BCUT2D eigenvalue weighted by Gasteiger charge is -2.33. The Morgan fingerprint density at radius 2 is 1.90 bits per heavy atom. The Bertz CT molecular complexity index is 1720.